The highest BCUT2D eigenvalue weighted by Gasteiger charge is 2.42. The van der Waals surface area contributed by atoms with Gasteiger partial charge in [-0.25, -0.2) is 5.43 Å². The summed E-state index contributed by atoms with van der Waals surface area (Å²) in [5, 5.41) is 7.37. The van der Waals surface area contributed by atoms with Crippen LogP contribution in [0.5, 0.6) is 0 Å². The van der Waals surface area contributed by atoms with Gasteiger partial charge in [0, 0.05) is 25.1 Å². The summed E-state index contributed by atoms with van der Waals surface area (Å²) in [6, 6.07) is 5.88. The average molecular weight is 301 g/mol. The molecule has 0 aliphatic carbocycles. The zero-order valence-corrected chi connectivity index (χ0v) is 12.7. The molecule has 22 heavy (non-hydrogen) atoms. The Morgan fingerprint density at radius 2 is 2.23 bits per heavy atom. The number of nitrogens with zero attached hydrogens (tertiary/aromatic N) is 1. The van der Waals surface area contributed by atoms with Gasteiger partial charge in [0.2, 0.25) is 5.91 Å². The molecule has 2 N–H and O–H groups in total. The van der Waals surface area contributed by atoms with Crippen molar-refractivity contribution >= 4 is 23.3 Å². The molecule has 6 nitrogen and oxygen atoms in total. The SMILES string of the molecule is CCOC(=O)C1(C)CNc2ccc(C3=NNC(=O)CC3)cc21. The first kappa shape index (κ1) is 14.6. The van der Waals surface area contributed by atoms with Crippen LogP contribution in [0.2, 0.25) is 0 Å². The molecule has 116 valence electrons. The zero-order chi connectivity index (χ0) is 15.7. The quantitative estimate of drug-likeness (QED) is 0.830. The predicted octanol–water partition coefficient (Wildman–Crippen LogP) is 1.55. The highest BCUT2D eigenvalue weighted by Crippen LogP contribution is 2.38. The number of fused-ring (bicyclic) bond motifs is 1. The van der Waals surface area contributed by atoms with E-state index >= 15 is 0 Å². The van der Waals surface area contributed by atoms with Gasteiger partial charge in [0.05, 0.1) is 12.3 Å². The summed E-state index contributed by atoms with van der Waals surface area (Å²) in [7, 11) is 0. The summed E-state index contributed by atoms with van der Waals surface area (Å²) in [5.74, 6) is -0.291. The van der Waals surface area contributed by atoms with E-state index in [9.17, 15) is 9.59 Å². The van der Waals surface area contributed by atoms with Crippen LogP contribution in [0.3, 0.4) is 0 Å². The van der Waals surface area contributed by atoms with E-state index in [0.29, 0.717) is 26.0 Å². The van der Waals surface area contributed by atoms with E-state index in [2.05, 4.69) is 15.8 Å². The van der Waals surface area contributed by atoms with Crippen molar-refractivity contribution in [3.63, 3.8) is 0 Å². The van der Waals surface area contributed by atoms with Gasteiger partial charge >= 0.3 is 5.97 Å². The fourth-order valence-electron chi connectivity index (χ4n) is 2.86. The van der Waals surface area contributed by atoms with Crippen LogP contribution in [0.1, 0.15) is 37.8 Å². The first-order valence-electron chi connectivity index (χ1n) is 7.46. The highest BCUT2D eigenvalue weighted by atomic mass is 16.5. The minimum Gasteiger partial charge on any atom is -0.465 e. The van der Waals surface area contributed by atoms with Crippen molar-refractivity contribution < 1.29 is 14.3 Å². The molecule has 0 saturated carbocycles. The molecule has 0 saturated heterocycles. The highest BCUT2D eigenvalue weighted by molar-refractivity contribution is 6.05. The van der Waals surface area contributed by atoms with Crippen molar-refractivity contribution in [2.75, 3.05) is 18.5 Å². The van der Waals surface area contributed by atoms with Crippen LogP contribution >= 0.6 is 0 Å². The molecular formula is C16H19N3O3. The predicted molar refractivity (Wildman–Crippen MR) is 82.8 cm³/mol. The molecule has 0 radical (unpaired) electrons. The number of nitrogens with one attached hydrogen (secondary N) is 2. The zero-order valence-electron chi connectivity index (χ0n) is 12.7. The lowest BCUT2D eigenvalue weighted by molar-refractivity contribution is -0.148. The van der Waals surface area contributed by atoms with Crippen molar-refractivity contribution in [1.82, 2.24) is 5.43 Å². The van der Waals surface area contributed by atoms with Gasteiger partial charge in [0.1, 0.15) is 5.41 Å². The van der Waals surface area contributed by atoms with E-state index in [-0.39, 0.29) is 11.9 Å². The van der Waals surface area contributed by atoms with Gasteiger partial charge < -0.3 is 10.1 Å². The van der Waals surface area contributed by atoms with Crippen LogP contribution in [-0.2, 0) is 19.7 Å². The number of carbonyl (C=O) groups is 2. The molecule has 1 amide bonds. The average Bonchev–Trinajstić information content (AvgIpc) is 2.87. The Kier molecular flexibility index (Phi) is 3.60. The normalized spacial score (nSPS) is 23.2. The Morgan fingerprint density at radius 1 is 1.41 bits per heavy atom. The third-order valence-corrected chi connectivity index (χ3v) is 4.21. The van der Waals surface area contributed by atoms with Crippen molar-refractivity contribution in [3.05, 3.63) is 29.3 Å². The summed E-state index contributed by atoms with van der Waals surface area (Å²) >= 11 is 0. The topological polar surface area (TPSA) is 79.8 Å². The number of carbonyl (C=O) groups excluding carboxylic acids is 2. The van der Waals surface area contributed by atoms with Gasteiger partial charge in [-0.1, -0.05) is 6.07 Å². The van der Waals surface area contributed by atoms with Crippen LogP contribution in [0.4, 0.5) is 5.69 Å². The Hall–Kier alpha value is -2.37. The first-order chi connectivity index (χ1) is 10.5. The number of hydrogen-bond donors (Lipinski definition) is 2. The van der Waals surface area contributed by atoms with Crippen LogP contribution in [-0.4, -0.2) is 30.7 Å². The number of anilines is 1. The number of rotatable bonds is 3. The third kappa shape index (κ3) is 2.34. The molecule has 1 aromatic carbocycles. The number of hydrazone groups is 1. The van der Waals surface area contributed by atoms with Gasteiger partial charge in [-0.05, 0) is 37.1 Å². The van der Waals surface area contributed by atoms with Crippen molar-refractivity contribution in [2.45, 2.75) is 32.1 Å². The minimum atomic E-state index is -0.695. The number of amides is 1. The maximum Gasteiger partial charge on any atom is 0.318 e. The summed E-state index contributed by atoms with van der Waals surface area (Å²) < 4.78 is 5.22. The molecule has 0 spiro atoms. The second-order valence-corrected chi connectivity index (χ2v) is 5.76. The molecule has 3 rings (SSSR count). The maximum absolute atomic E-state index is 12.3. The van der Waals surface area contributed by atoms with Crippen LogP contribution in [0.25, 0.3) is 0 Å². The molecule has 1 aromatic rings. The smallest absolute Gasteiger partial charge is 0.318 e. The van der Waals surface area contributed by atoms with E-state index in [4.69, 9.17) is 4.74 Å². The second-order valence-electron chi connectivity index (χ2n) is 5.76. The lowest BCUT2D eigenvalue weighted by atomic mass is 9.83. The summed E-state index contributed by atoms with van der Waals surface area (Å²) in [5.41, 5.74) is 5.44. The van der Waals surface area contributed by atoms with E-state index in [1.807, 2.05) is 25.1 Å². The third-order valence-electron chi connectivity index (χ3n) is 4.21. The molecular weight excluding hydrogens is 282 g/mol. The number of benzene rings is 1. The van der Waals surface area contributed by atoms with E-state index in [1.165, 1.54) is 0 Å². The Labute approximate surface area is 128 Å². The Bertz CT molecular complexity index is 669. The fourth-order valence-corrected chi connectivity index (χ4v) is 2.86. The summed E-state index contributed by atoms with van der Waals surface area (Å²) in [4.78, 5) is 23.5. The molecule has 2 heterocycles. The standard InChI is InChI=1S/C16H19N3O3/c1-3-22-15(21)16(2)9-17-13-5-4-10(8-11(13)16)12-6-7-14(20)19-18-12/h4-5,8,17H,3,6-7,9H2,1-2H3,(H,19,20). The lowest BCUT2D eigenvalue weighted by Crippen LogP contribution is -2.36. The molecule has 0 bridgehead atoms. The van der Waals surface area contributed by atoms with E-state index in [0.717, 1.165) is 22.5 Å². The first-order valence-corrected chi connectivity index (χ1v) is 7.46. The molecule has 2 aliphatic heterocycles. The van der Waals surface area contributed by atoms with E-state index in [1.54, 1.807) is 6.92 Å². The van der Waals surface area contributed by atoms with Gasteiger partial charge in [0.25, 0.3) is 0 Å². The Morgan fingerprint density at radius 3 is 2.91 bits per heavy atom. The molecule has 0 fully saturated rings. The van der Waals surface area contributed by atoms with Crippen molar-refractivity contribution in [1.29, 1.82) is 0 Å². The fraction of sp³-hybridized carbons (Fsp3) is 0.438. The summed E-state index contributed by atoms with van der Waals surface area (Å²) in [6.45, 7) is 4.58. The second kappa shape index (κ2) is 5.44. The van der Waals surface area contributed by atoms with Gasteiger partial charge in [-0.2, -0.15) is 5.10 Å². The molecule has 6 heteroatoms. The van der Waals surface area contributed by atoms with Crippen LogP contribution in [0, 0.1) is 0 Å². The van der Waals surface area contributed by atoms with Gasteiger partial charge in [-0.3, -0.25) is 9.59 Å². The van der Waals surface area contributed by atoms with Gasteiger partial charge in [-0.15, -0.1) is 0 Å². The van der Waals surface area contributed by atoms with E-state index < -0.39 is 5.41 Å². The lowest BCUT2D eigenvalue weighted by Gasteiger charge is -2.22. The van der Waals surface area contributed by atoms with Crippen LogP contribution < -0.4 is 10.7 Å². The molecule has 2 aliphatic rings. The van der Waals surface area contributed by atoms with Gasteiger partial charge in [0.15, 0.2) is 0 Å². The molecule has 1 unspecified atom stereocenters. The van der Waals surface area contributed by atoms with Crippen molar-refractivity contribution in [2.24, 2.45) is 5.10 Å². The minimum absolute atomic E-state index is 0.0667. The largest absolute Gasteiger partial charge is 0.465 e. The Balaban J connectivity index is 1.96. The molecule has 0 aromatic heterocycles. The van der Waals surface area contributed by atoms with Crippen molar-refractivity contribution in [3.8, 4) is 0 Å². The number of esters is 1. The molecule has 1 atom stereocenters. The summed E-state index contributed by atoms with van der Waals surface area (Å²) in [6.07, 6.45) is 1.04. The maximum atomic E-state index is 12.3. The number of hydrogen-bond acceptors (Lipinski definition) is 5. The van der Waals surface area contributed by atoms with Crippen LogP contribution in [0.15, 0.2) is 23.3 Å². The monoisotopic (exact) mass is 301 g/mol. The number of ether oxygens (including phenoxy) is 1.